The molecule has 2 aliphatic heterocycles. The highest BCUT2D eigenvalue weighted by atomic mass is 16.4. The van der Waals surface area contributed by atoms with E-state index in [9.17, 15) is 19.5 Å². The number of hydrogen-bond donors (Lipinski definition) is 3. The van der Waals surface area contributed by atoms with Crippen LogP contribution in [0.4, 0.5) is 5.95 Å². The fraction of sp³-hybridized carbons (Fsp3) is 0.696. The van der Waals surface area contributed by atoms with Gasteiger partial charge in [0.15, 0.2) is 0 Å². The Hall–Kier alpha value is -2.75. The normalized spacial score (nSPS) is 27.2. The number of aliphatic carboxylic acids is 1. The molecular formula is C23H34N6O4. The SMILES string of the molecule is CNC(C)C(=O)NC(C(=O)N1CCC2C1C(C(=O)O)CN2c1ncccn1)C1CCCCC1. The molecule has 1 aromatic rings. The molecule has 0 aromatic carbocycles. The van der Waals surface area contributed by atoms with Crippen LogP contribution in [0.2, 0.25) is 0 Å². The Kier molecular flexibility index (Phi) is 7.11. The summed E-state index contributed by atoms with van der Waals surface area (Å²) in [6.07, 6.45) is 8.92. The lowest BCUT2D eigenvalue weighted by atomic mass is 9.83. The van der Waals surface area contributed by atoms with Crippen molar-refractivity contribution in [1.29, 1.82) is 0 Å². The van der Waals surface area contributed by atoms with Crippen LogP contribution < -0.4 is 15.5 Å². The van der Waals surface area contributed by atoms with Gasteiger partial charge in [-0.2, -0.15) is 0 Å². The highest BCUT2D eigenvalue weighted by Gasteiger charge is 2.54. The second kappa shape index (κ2) is 10.0. The van der Waals surface area contributed by atoms with Crippen LogP contribution in [0.5, 0.6) is 0 Å². The van der Waals surface area contributed by atoms with E-state index in [-0.39, 0.29) is 30.3 Å². The molecule has 10 heteroatoms. The summed E-state index contributed by atoms with van der Waals surface area (Å²) in [6, 6.07) is 0.0442. The number of fused-ring (bicyclic) bond motifs is 1. The smallest absolute Gasteiger partial charge is 0.310 e. The van der Waals surface area contributed by atoms with E-state index < -0.39 is 30.0 Å². The first-order valence-corrected chi connectivity index (χ1v) is 12.0. The minimum Gasteiger partial charge on any atom is -0.481 e. The lowest BCUT2D eigenvalue weighted by Crippen LogP contribution is -2.58. The molecule has 2 amide bonds. The lowest BCUT2D eigenvalue weighted by molar-refractivity contribution is -0.146. The summed E-state index contributed by atoms with van der Waals surface area (Å²) >= 11 is 0. The molecule has 4 rings (SSSR count). The number of nitrogens with one attached hydrogen (secondary N) is 2. The molecule has 1 aromatic heterocycles. The van der Waals surface area contributed by atoms with Crippen LogP contribution in [0.1, 0.15) is 45.4 Å². The molecule has 0 bridgehead atoms. The number of likely N-dealkylation sites (N-methyl/N-ethyl adjacent to an activating group) is 1. The summed E-state index contributed by atoms with van der Waals surface area (Å²) in [5.41, 5.74) is 0. The molecule has 10 nitrogen and oxygen atoms in total. The van der Waals surface area contributed by atoms with E-state index in [1.807, 2.05) is 4.90 Å². The zero-order chi connectivity index (χ0) is 23.5. The number of nitrogens with zero attached hydrogens (tertiary/aromatic N) is 4. The number of carbonyl (C=O) groups excluding carboxylic acids is 2. The second-order valence-corrected chi connectivity index (χ2v) is 9.42. The Morgan fingerprint density at radius 3 is 2.45 bits per heavy atom. The summed E-state index contributed by atoms with van der Waals surface area (Å²) in [7, 11) is 1.71. The van der Waals surface area contributed by atoms with Crippen LogP contribution in [-0.2, 0) is 14.4 Å². The molecule has 3 aliphatic rings. The van der Waals surface area contributed by atoms with Crippen LogP contribution >= 0.6 is 0 Å². The third-order valence-electron chi connectivity index (χ3n) is 7.55. The van der Waals surface area contributed by atoms with Crippen LogP contribution in [0, 0.1) is 11.8 Å². The molecular weight excluding hydrogens is 424 g/mol. The number of carboxylic acid groups (broad SMARTS) is 1. The summed E-state index contributed by atoms with van der Waals surface area (Å²) in [4.78, 5) is 51.1. The number of amides is 2. The van der Waals surface area contributed by atoms with Crippen molar-refractivity contribution >= 4 is 23.7 Å². The summed E-state index contributed by atoms with van der Waals surface area (Å²) < 4.78 is 0. The standard InChI is InChI=1S/C23H34N6O4/c1-14(24-2)20(30)27-18(15-7-4-3-5-8-15)21(31)28-12-9-17-19(28)16(22(32)33)13-29(17)23-25-10-6-11-26-23/h6,10-11,14-19,24H,3-5,7-9,12-13H2,1-2H3,(H,27,30)(H,32,33). The zero-order valence-electron chi connectivity index (χ0n) is 19.3. The monoisotopic (exact) mass is 458 g/mol. The van der Waals surface area contributed by atoms with Gasteiger partial charge < -0.3 is 25.5 Å². The fourth-order valence-corrected chi connectivity index (χ4v) is 5.67. The molecule has 3 fully saturated rings. The number of likely N-dealkylation sites (tertiary alicyclic amines) is 1. The molecule has 0 spiro atoms. The first-order chi connectivity index (χ1) is 15.9. The van der Waals surface area contributed by atoms with E-state index in [0.717, 1.165) is 32.1 Å². The third kappa shape index (κ3) is 4.66. The van der Waals surface area contributed by atoms with E-state index in [4.69, 9.17) is 0 Å². The first kappa shape index (κ1) is 23.4. The molecule has 3 heterocycles. The maximum absolute atomic E-state index is 13.9. The Labute approximate surface area is 194 Å². The van der Waals surface area contributed by atoms with Crippen LogP contribution in [0.3, 0.4) is 0 Å². The van der Waals surface area contributed by atoms with Gasteiger partial charge in [-0.15, -0.1) is 0 Å². The van der Waals surface area contributed by atoms with Gasteiger partial charge in [-0.1, -0.05) is 19.3 Å². The van der Waals surface area contributed by atoms with Gasteiger partial charge in [0.05, 0.1) is 24.0 Å². The van der Waals surface area contributed by atoms with Gasteiger partial charge in [0, 0.05) is 25.5 Å². The highest BCUT2D eigenvalue weighted by molar-refractivity contribution is 5.91. The second-order valence-electron chi connectivity index (χ2n) is 9.42. The molecule has 5 atom stereocenters. The predicted molar refractivity (Wildman–Crippen MR) is 121 cm³/mol. The highest BCUT2D eigenvalue weighted by Crippen LogP contribution is 2.38. The van der Waals surface area contributed by atoms with Gasteiger partial charge in [0.25, 0.3) is 0 Å². The maximum Gasteiger partial charge on any atom is 0.310 e. The largest absolute Gasteiger partial charge is 0.481 e. The average molecular weight is 459 g/mol. The van der Waals surface area contributed by atoms with Gasteiger partial charge in [0.1, 0.15) is 6.04 Å². The number of rotatable bonds is 7. The zero-order valence-corrected chi connectivity index (χ0v) is 19.3. The van der Waals surface area contributed by atoms with Crippen molar-refractivity contribution in [2.24, 2.45) is 11.8 Å². The Morgan fingerprint density at radius 1 is 1.12 bits per heavy atom. The number of hydrogen-bond acceptors (Lipinski definition) is 7. The Balaban J connectivity index is 1.59. The molecule has 33 heavy (non-hydrogen) atoms. The fourth-order valence-electron chi connectivity index (χ4n) is 5.67. The summed E-state index contributed by atoms with van der Waals surface area (Å²) in [5.74, 6) is -1.47. The first-order valence-electron chi connectivity index (χ1n) is 12.0. The molecule has 3 N–H and O–H groups in total. The summed E-state index contributed by atoms with van der Waals surface area (Å²) in [5, 5.41) is 15.9. The topological polar surface area (TPSA) is 128 Å². The Morgan fingerprint density at radius 2 is 1.82 bits per heavy atom. The molecule has 180 valence electrons. The van der Waals surface area contributed by atoms with E-state index >= 15 is 0 Å². The molecule has 0 radical (unpaired) electrons. The quantitative estimate of drug-likeness (QED) is 0.543. The van der Waals surface area contributed by atoms with Crippen molar-refractivity contribution in [2.45, 2.75) is 69.6 Å². The molecule has 2 saturated heterocycles. The van der Waals surface area contributed by atoms with Gasteiger partial charge in [-0.3, -0.25) is 14.4 Å². The van der Waals surface area contributed by atoms with Gasteiger partial charge in [0.2, 0.25) is 17.8 Å². The molecule has 1 aliphatic carbocycles. The number of aromatic nitrogens is 2. The van der Waals surface area contributed by atoms with Crippen molar-refractivity contribution in [1.82, 2.24) is 25.5 Å². The van der Waals surface area contributed by atoms with Gasteiger partial charge >= 0.3 is 5.97 Å². The van der Waals surface area contributed by atoms with E-state index in [0.29, 0.717) is 18.9 Å². The Bertz CT molecular complexity index is 862. The predicted octanol–water partition coefficient (Wildman–Crippen LogP) is 0.640. The summed E-state index contributed by atoms with van der Waals surface area (Å²) in [6.45, 7) is 2.48. The third-order valence-corrected chi connectivity index (χ3v) is 7.55. The maximum atomic E-state index is 13.9. The van der Waals surface area contributed by atoms with Gasteiger partial charge in [-0.05, 0) is 45.2 Å². The minimum absolute atomic E-state index is 0.0662. The van der Waals surface area contributed by atoms with E-state index in [2.05, 4.69) is 20.6 Å². The van der Waals surface area contributed by atoms with Crippen LogP contribution in [-0.4, -0.2) is 82.1 Å². The van der Waals surface area contributed by atoms with E-state index in [1.54, 1.807) is 37.3 Å². The van der Waals surface area contributed by atoms with Crippen molar-refractivity contribution in [2.75, 3.05) is 25.0 Å². The van der Waals surface area contributed by atoms with Crippen LogP contribution in [0.25, 0.3) is 0 Å². The van der Waals surface area contributed by atoms with Gasteiger partial charge in [-0.25, -0.2) is 9.97 Å². The van der Waals surface area contributed by atoms with Crippen molar-refractivity contribution in [3.63, 3.8) is 0 Å². The molecule has 5 unspecified atom stereocenters. The van der Waals surface area contributed by atoms with E-state index in [1.165, 1.54) is 0 Å². The van der Waals surface area contributed by atoms with Crippen molar-refractivity contribution < 1.29 is 19.5 Å². The minimum atomic E-state index is -0.926. The number of carboxylic acids is 1. The molecule has 1 saturated carbocycles. The van der Waals surface area contributed by atoms with Crippen molar-refractivity contribution in [3.05, 3.63) is 18.5 Å². The lowest BCUT2D eigenvalue weighted by Gasteiger charge is -2.36. The average Bonchev–Trinajstić information content (AvgIpc) is 3.43. The van der Waals surface area contributed by atoms with Crippen molar-refractivity contribution in [3.8, 4) is 0 Å². The van der Waals surface area contributed by atoms with Crippen LogP contribution in [0.15, 0.2) is 18.5 Å². The number of anilines is 1. The number of carbonyl (C=O) groups is 3.